The topological polar surface area (TPSA) is 87.3 Å². The van der Waals surface area contributed by atoms with Gasteiger partial charge in [0.15, 0.2) is 0 Å². The maximum Gasteiger partial charge on any atom is 0.417 e. The van der Waals surface area contributed by atoms with Crippen molar-refractivity contribution in [1.82, 2.24) is 0 Å². The minimum absolute atomic E-state index is 0.200. The number of anilines is 3. The molecule has 0 radical (unpaired) electrons. The van der Waals surface area contributed by atoms with Crippen LogP contribution in [0.2, 0.25) is 10.0 Å². The van der Waals surface area contributed by atoms with Crippen molar-refractivity contribution in [3.05, 3.63) is 87.2 Å². The van der Waals surface area contributed by atoms with Gasteiger partial charge in [-0.2, -0.15) is 13.2 Å². The van der Waals surface area contributed by atoms with Crippen molar-refractivity contribution in [3.8, 4) is 0 Å². The van der Waals surface area contributed by atoms with Crippen LogP contribution in [0.1, 0.15) is 34.3 Å². The van der Waals surface area contributed by atoms with Crippen LogP contribution in [0.15, 0.2) is 54.6 Å². The quantitative estimate of drug-likeness (QED) is 0.190. The summed E-state index contributed by atoms with van der Waals surface area (Å²) in [5, 5.41) is 6.17. The highest BCUT2D eigenvalue weighted by Crippen LogP contribution is 2.65. The van der Waals surface area contributed by atoms with E-state index in [4.69, 9.17) is 46.4 Å². The van der Waals surface area contributed by atoms with Gasteiger partial charge in [-0.1, -0.05) is 29.3 Å². The average Bonchev–Trinajstić information content (AvgIpc) is 3.43. The van der Waals surface area contributed by atoms with Crippen molar-refractivity contribution in [2.75, 3.05) is 16.0 Å². The molecule has 3 aromatic carbocycles. The third kappa shape index (κ3) is 6.30. The zero-order valence-electron chi connectivity index (χ0n) is 20.1. The van der Waals surface area contributed by atoms with E-state index in [0.29, 0.717) is 17.3 Å². The van der Waals surface area contributed by atoms with Crippen LogP contribution in [-0.4, -0.2) is 22.1 Å². The van der Waals surface area contributed by atoms with Gasteiger partial charge in [0, 0.05) is 29.9 Å². The Morgan fingerprint density at radius 3 is 2.00 bits per heavy atom. The van der Waals surface area contributed by atoms with E-state index in [9.17, 15) is 31.9 Å². The molecule has 1 fully saturated rings. The lowest BCUT2D eigenvalue weighted by Crippen LogP contribution is -2.20. The van der Waals surface area contributed by atoms with E-state index >= 15 is 0 Å². The fraction of sp³-hybridized carbons (Fsp3) is 0.192. The number of hydrogen-bond donors (Lipinski definition) is 3. The maximum atomic E-state index is 13.8. The smallest absolute Gasteiger partial charge is 0.326 e. The number of alkyl halides is 5. The van der Waals surface area contributed by atoms with Crippen molar-refractivity contribution in [1.29, 1.82) is 0 Å². The molecule has 3 aromatic rings. The van der Waals surface area contributed by atoms with Crippen LogP contribution in [-0.2, 0) is 15.8 Å². The highest BCUT2D eigenvalue weighted by molar-refractivity contribution is 6.53. The first-order chi connectivity index (χ1) is 18.6. The summed E-state index contributed by atoms with van der Waals surface area (Å²) in [6.07, 6.45) is -4.97. The Labute approximate surface area is 244 Å². The molecular weight excluding hydrogens is 620 g/mol. The molecule has 3 amide bonds. The summed E-state index contributed by atoms with van der Waals surface area (Å²) in [4.78, 5) is 37.1. The summed E-state index contributed by atoms with van der Waals surface area (Å²) >= 11 is 24.3. The average molecular weight is 637 g/mol. The number of amides is 3. The third-order valence-corrected chi connectivity index (χ3v) is 7.63. The standard InChI is InChI=1S/C26H17Cl4F4N3O3/c1-11(38)35-13-3-5-14(6-4-13)36-23(39)16-9-15(10-17(22(16)28)26(32,33)34)37-24(40)21-20(25(21,29)30)12-2-7-19(31)18(27)8-12/h2-10,20-21H,1H3,(H,35,38)(H,36,39)(H,37,40)/t20-,21+/m0/s1. The summed E-state index contributed by atoms with van der Waals surface area (Å²) in [5.74, 6) is -4.80. The van der Waals surface area contributed by atoms with Crippen molar-refractivity contribution in [3.63, 3.8) is 0 Å². The predicted molar refractivity (Wildman–Crippen MR) is 146 cm³/mol. The van der Waals surface area contributed by atoms with E-state index in [1.54, 1.807) is 0 Å². The summed E-state index contributed by atoms with van der Waals surface area (Å²) in [7, 11) is 0. The van der Waals surface area contributed by atoms with E-state index in [-0.39, 0.29) is 22.3 Å². The van der Waals surface area contributed by atoms with Gasteiger partial charge in [0.05, 0.1) is 27.1 Å². The predicted octanol–water partition coefficient (Wildman–Crippen LogP) is 7.89. The molecule has 14 heteroatoms. The van der Waals surface area contributed by atoms with Crippen LogP contribution in [0.25, 0.3) is 0 Å². The van der Waals surface area contributed by atoms with Crippen LogP contribution in [0.4, 0.5) is 34.6 Å². The molecule has 0 bridgehead atoms. The molecule has 0 heterocycles. The van der Waals surface area contributed by atoms with E-state index in [0.717, 1.165) is 12.1 Å². The zero-order valence-corrected chi connectivity index (χ0v) is 23.1. The van der Waals surface area contributed by atoms with Crippen LogP contribution >= 0.6 is 46.4 Å². The molecule has 3 N–H and O–H groups in total. The summed E-state index contributed by atoms with van der Waals surface area (Å²) < 4.78 is 53.3. The molecule has 0 aliphatic heterocycles. The lowest BCUT2D eigenvalue weighted by molar-refractivity contribution is -0.137. The van der Waals surface area contributed by atoms with Crippen LogP contribution in [0.3, 0.4) is 0 Å². The summed E-state index contributed by atoms with van der Waals surface area (Å²) in [6.45, 7) is 1.31. The van der Waals surface area contributed by atoms with Crippen molar-refractivity contribution in [2.45, 2.75) is 23.4 Å². The molecule has 1 aliphatic carbocycles. The first kappa shape index (κ1) is 29.9. The maximum absolute atomic E-state index is 13.8. The van der Waals surface area contributed by atoms with Crippen molar-refractivity contribution < 1.29 is 31.9 Å². The van der Waals surface area contributed by atoms with Crippen molar-refractivity contribution >= 4 is 81.2 Å². The number of nitrogens with one attached hydrogen (secondary N) is 3. The molecule has 0 spiro atoms. The number of carbonyl (C=O) groups excluding carboxylic acids is 3. The third-order valence-electron chi connectivity index (χ3n) is 5.99. The van der Waals surface area contributed by atoms with Crippen LogP contribution in [0, 0.1) is 11.7 Å². The number of rotatable bonds is 6. The van der Waals surface area contributed by atoms with Gasteiger partial charge in [0.2, 0.25) is 11.8 Å². The minimum Gasteiger partial charge on any atom is -0.326 e. The van der Waals surface area contributed by atoms with E-state index in [1.165, 1.54) is 43.3 Å². The number of benzene rings is 3. The fourth-order valence-corrected chi connectivity index (χ4v) is 5.42. The van der Waals surface area contributed by atoms with E-state index < -0.39 is 56.1 Å². The fourth-order valence-electron chi connectivity index (χ4n) is 4.10. The van der Waals surface area contributed by atoms with Gasteiger partial charge < -0.3 is 16.0 Å². The Morgan fingerprint density at radius 1 is 0.850 bits per heavy atom. The van der Waals surface area contributed by atoms with E-state index in [2.05, 4.69) is 16.0 Å². The first-order valence-corrected chi connectivity index (χ1v) is 12.8. The van der Waals surface area contributed by atoms with Gasteiger partial charge in [-0.15, -0.1) is 23.2 Å². The number of carbonyl (C=O) groups is 3. The lowest BCUT2D eigenvalue weighted by Gasteiger charge is -2.16. The highest BCUT2D eigenvalue weighted by Gasteiger charge is 2.67. The normalized spacial score (nSPS) is 17.6. The monoisotopic (exact) mass is 635 g/mol. The first-order valence-electron chi connectivity index (χ1n) is 11.3. The minimum atomic E-state index is -4.97. The SMILES string of the molecule is CC(=O)Nc1ccc(NC(=O)c2cc(NC(=O)[C@H]3[C@H](c4ccc(F)c(Cl)c4)C3(Cl)Cl)cc(C(F)(F)F)c2Cl)cc1. The van der Waals surface area contributed by atoms with Crippen molar-refractivity contribution in [2.24, 2.45) is 5.92 Å². The number of hydrogen-bond acceptors (Lipinski definition) is 3. The summed E-state index contributed by atoms with van der Waals surface area (Å²) in [6, 6.07) is 11.0. The lowest BCUT2D eigenvalue weighted by atomic mass is 10.1. The Hall–Kier alpha value is -3.05. The highest BCUT2D eigenvalue weighted by atomic mass is 35.5. The molecule has 4 rings (SSSR count). The van der Waals surface area contributed by atoms with Gasteiger partial charge in [-0.05, 0) is 54.1 Å². The molecule has 1 saturated carbocycles. The molecule has 210 valence electrons. The Morgan fingerprint density at radius 2 is 1.45 bits per heavy atom. The van der Waals surface area contributed by atoms with Crippen LogP contribution in [0.5, 0.6) is 0 Å². The van der Waals surface area contributed by atoms with Gasteiger partial charge >= 0.3 is 6.18 Å². The number of halogens is 8. The second-order valence-corrected chi connectivity index (χ2v) is 11.1. The molecular formula is C26H17Cl4F4N3O3. The Balaban J connectivity index is 1.60. The molecule has 1 aliphatic rings. The van der Waals surface area contributed by atoms with E-state index in [1.807, 2.05) is 0 Å². The van der Waals surface area contributed by atoms with Gasteiger partial charge in [-0.3, -0.25) is 14.4 Å². The zero-order chi connectivity index (χ0) is 29.6. The van der Waals surface area contributed by atoms with Gasteiger partial charge in [-0.25, -0.2) is 4.39 Å². The van der Waals surface area contributed by atoms with Gasteiger partial charge in [0.1, 0.15) is 10.2 Å². The molecule has 0 unspecified atom stereocenters. The second kappa shape index (κ2) is 11.1. The summed E-state index contributed by atoms with van der Waals surface area (Å²) in [5.41, 5.74) is -1.33. The molecule has 6 nitrogen and oxygen atoms in total. The Bertz CT molecular complexity index is 1510. The largest absolute Gasteiger partial charge is 0.417 e. The molecule has 0 saturated heterocycles. The Kier molecular flexibility index (Phi) is 8.29. The second-order valence-electron chi connectivity index (χ2n) is 8.89. The van der Waals surface area contributed by atoms with Gasteiger partial charge in [0.25, 0.3) is 5.91 Å². The van der Waals surface area contributed by atoms with Crippen LogP contribution < -0.4 is 16.0 Å². The molecule has 0 aromatic heterocycles. The molecule has 2 atom stereocenters. The molecule has 40 heavy (non-hydrogen) atoms.